The Bertz CT molecular complexity index is 377. The zero-order valence-corrected chi connectivity index (χ0v) is 9.81. The van der Waals surface area contributed by atoms with E-state index >= 15 is 0 Å². The van der Waals surface area contributed by atoms with Gasteiger partial charge in [-0.1, -0.05) is 17.7 Å². The van der Waals surface area contributed by atoms with Gasteiger partial charge in [-0.25, -0.2) is 0 Å². The molecule has 0 aliphatic carbocycles. The van der Waals surface area contributed by atoms with Gasteiger partial charge < -0.3 is 10.1 Å². The molecule has 0 heterocycles. The molecule has 1 aromatic rings. The molecule has 1 aromatic carbocycles. The van der Waals surface area contributed by atoms with E-state index in [1.165, 1.54) is 6.92 Å². The van der Waals surface area contributed by atoms with Crippen molar-refractivity contribution in [2.75, 3.05) is 12.4 Å². The van der Waals surface area contributed by atoms with Crippen LogP contribution in [0.15, 0.2) is 12.1 Å². The van der Waals surface area contributed by atoms with Crippen LogP contribution in [0.1, 0.15) is 18.1 Å². The number of carbonyl (C=O) groups is 1. The number of methoxy groups -OCH3 is 1. The van der Waals surface area contributed by atoms with Gasteiger partial charge >= 0.3 is 0 Å². The maximum atomic E-state index is 11.0. The molecule has 0 saturated carbocycles. The van der Waals surface area contributed by atoms with Gasteiger partial charge in [-0.3, -0.25) is 4.79 Å². The third-order valence-electron chi connectivity index (χ3n) is 2.09. The summed E-state index contributed by atoms with van der Waals surface area (Å²) in [6.07, 6.45) is 0. The van der Waals surface area contributed by atoms with Crippen molar-refractivity contribution in [2.24, 2.45) is 0 Å². The molecule has 0 bridgehead atoms. The van der Waals surface area contributed by atoms with Crippen molar-refractivity contribution in [1.82, 2.24) is 0 Å². The Morgan fingerprint density at radius 1 is 1.53 bits per heavy atom. The number of halogens is 1. The van der Waals surface area contributed by atoms with Crippen molar-refractivity contribution < 1.29 is 9.53 Å². The topological polar surface area (TPSA) is 38.3 Å². The van der Waals surface area contributed by atoms with Crippen molar-refractivity contribution in [2.45, 2.75) is 20.5 Å². The predicted octanol–water partition coefficient (Wildman–Crippen LogP) is 2.75. The fraction of sp³-hybridized carbons (Fsp3) is 0.364. The first-order valence-electron chi connectivity index (χ1n) is 4.60. The van der Waals surface area contributed by atoms with E-state index in [2.05, 4.69) is 5.32 Å². The molecule has 0 spiro atoms. The summed E-state index contributed by atoms with van der Waals surface area (Å²) in [5.74, 6) is -0.113. The summed E-state index contributed by atoms with van der Waals surface area (Å²) in [5, 5.41) is 3.40. The van der Waals surface area contributed by atoms with E-state index in [0.29, 0.717) is 11.6 Å². The van der Waals surface area contributed by atoms with E-state index in [4.69, 9.17) is 16.3 Å². The zero-order valence-electron chi connectivity index (χ0n) is 9.06. The van der Waals surface area contributed by atoms with E-state index in [1.807, 2.05) is 13.0 Å². The second-order valence-corrected chi connectivity index (χ2v) is 3.73. The van der Waals surface area contributed by atoms with Crippen LogP contribution in [0.2, 0.25) is 5.02 Å². The highest BCUT2D eigenvalue weighted by Gasteiger charge is 2.09. The zero-order chi connectivity index (χ0) is 11.4. The van der Waals surface area contributed by atoms with Crippen LogP contribution >= 0.6 is 11.6 Å². The Labute approximate surface area is 94.4 Å². The maximum Gasteiger partial charge on any atom is 0.221 e. The first-order valence-corrected chi connectivity index (χ1v) is 4.98. The molecule has 0 saturated heterocycles. The molecule has 4 heteroatoms. The lowest BCUT2D eigenvalue weighted by atomic mass is 10.1. The largest absolute Gasteiger partial charge is 0.380 e. The van der Waals surface area contributed by atoms with E-state index in [1.54, 1.807) is 13.2 Å². The molecule has 0 fully saturated rings. The van der Waals surface area contributed by atoms with Crippen LogP contribution in [0, 0.1) is 6.92 Å². The molecular weight excluding hydrogens is 214 g/mol. The Kier molecular flexibility index (Phi) is 4.12. The standard InChI is InChI=1S/C11H14ClNO2/c1-7-10(12)5-4-9(6-15-3)11(7)13-8(2)14/h4-5H,6H2,1-3H3,(H,13,14). The Morgan fingerprint density at radius 2 is 2.20 bits per heavy atom. The molecule has 0 radical (unpaired) electrons. The smallest absolute Gasteiger partial charge is 0.221 e. The van der Waals surface area contributed by atoms with Crippen molar-refractivity contribution in [3.05, 3.63) is 28.3 Å². The highest BCUT2D eigenvalue weighted by molar-refractivity contribution is 6.31. The van der Waals surface area contributed by atoms with Crippen LogP contribution in [0.3, 0.4) is 0 Å². The summed E-state index contributed by atoms with van der Waals surface area (Å²) in [6, 6.07) is 3.65. The maximum absolute atomic E-state index is 11.0. The lowest BCUT2D eigenvalue weighted by molar-refractivity contribution is -0.114. The first kappa shape index (κ1) is 12.0. The van der Waals surface area contributed by atoms with Gasteiger partial charge in [0, 0.05) is 24.6 Å². The molecule has 3 nitrogen and oxygen atoms in total. The van der Waals surface area contributed by atoms with Crippen LogP contribution < -0.4 is 5.32 Å². The number of ether oxygens (including phenoxy) is 1. The third kappa shape index (κ3) is 2.94. The average molecular weight is 228 g/mol. The summed E-state index contributed by atoms with van der Waals surface area (Å²) < 4.78 is 5.05. The van der Waals surface area contributed by atoms with Crippen LogP contribution in [0.5, 0.6) is 0 Å². The van der Waals surface area contributed by atoms with Gasteiger partial charge in [-0.05, 0) is 18.6 Å². The summed E-state index contributed by atoms with van der Waals surface area (Å²) in [4.78, 5) is 11.0. The van der Waals surface area contributed by atoms with Gasteiger partial charge in [0.05, 0.1) is 12.3 Å². The van der Waals surface area contributed by atoms with E-state index < -0.39 is 0 Å². The highest BCUT2D eigenvalue weighted by Crippen LogP contribution is 2.27. The lowest BCUT2D eigenvalue weighted by Gasteiger charge is -2.13. The van der Waals surface area contributed by atoms with E-state index in [9.17, 15) is 4.79 Å². The van der Waals surface area contributed by atoms with Gasteiger partial charge in [0.25, 0.3) is 0 Å². The van der Waals surface area contributed by atoms with Crippen LogP contribution in [-0.2, 0) is 16.1 Å². The summed E-state index contributed by atoms with van der Waals surface area (Å²) in [6.45, 7) is 3.79. The van der Waals surface area contributed by atoms with E-state index in [0.717, 1.165) is 16.8 Å². The number of hydrogen-bond acceptors (Lipinski definition) is 2. The molecule has 0 aromatic heterocycles. The molecule has 1 N–H and O–H groups in total. The summed E-state index contributed by atoms with van der Waals surface area (Å²) in [5.41, 5.74) is 2.54. The molecule has 0 aliphatic rings. The number of carbonyl (C=O) groups excluding carboxylic acids is 1. The fourth-order valence-electron chi connectivity index (χ4n) is 1.37. The minimum absolute atomic E-state index is 0.113. The molecule has 0 unspecified atom stereocenters. The molecule has 15 heavy (non-hydrogen) atoms. The average Bonchev–Trinajstić information content (AvgIpc) is 2.17. The van der Waals surface area contributed by atoms with Crippen molar-refractivity contribution in [3.8, 4) is 0 Å². The Hall–Kier alpha value is -1.06. The van der Waals surface area contributed by atoms with Gasteiger partial charge in [0.1, 0.15) is 0 Å². The summed E-state index contributed by atoms with van der Waals surface area (Å²) in [7, 11) is 1.61. The van der Waals surface area contributed by atoms with Crippen LogP contribution in [0.25, 0.3) is 0 Å². The lowest BCUT2D eigenvalue weighted by Crippen LogP contribution is -2.10. The van der Waals surface area contributed by atoms with Crippen molar-refractivity contribution >= 4 is 23.2 Å². The normalized spacial score (nSPS) is 10.1. The van der Waals surface area contributed by atoms with Crippen molar-refractivity contribution in [1.29, 1.82) is 0 Å². The van der Waals surface area contributed by atoms with Gasteiger partial charge in [0.2, 0.25) is 5.91 Å². The molecular formula is C11H14ClNO2. The van der Waals surface area contributed by atoms with Gasteiger partial charge in [0.15, 0.2) is 0 Å². The molecule has 1 rings (SSSR count). The number of rotatable bonds is 3. The number of amides is 1. The number of hydrogen-bond donors (Lipinski definition) is 1. The molecule has 82 valence electrons. The monoisotopic (exact) mass is 227 g/mol. The fourth-order valence-corrected chi connectivity index (χ4v) is 1.53. The third-order valence-corrected chi connectivity index (χ3v) is 2.50. The minimum atomic E-state index is -0.113. The van der Waals surface area contributed by atoms with Crippen LogP contribution in [0.4, 0.5) is 5.69 Å². The first-order chi connectivity index (χ1) is 7.06. The van der Waals surface area contributed by atoms with Crippen molar-refractivity contribution in [3.63, 3.8) is 0 Å². The van der Waals surface area contributed by atoms with Crippen LogP contribution in [-0.4, -0.2) is 13.0 Å². The molecule has 0 atom stereocenters. The molecule has 1 amide bonds. The minimum Gasteiger partial charge on any atom is -0.380 e. The molecule has 0 aliphatic heterocycles. The van der Waals surface area contributed by atoms with Gasteiger partial charge in [-0.15, -0.1) is 0 Å². The second kappa shape index (κ2) is 5.14. The van der Waals surface area contributed by atoms with Gasteiger partial charge in [-0.2, -0.15) is 0 Å². The van der Waals surface area contributed by atoms with E-state index in [-0.39, 0.29) is 5.91 Å². The second-order valence-electron chi connectivity index (χ2n) is 3.32. The number of nitrogens with one attached hydrogen (secondary N) is 1. The SMILES string of the molecule is COCc1ccc(Cl)c(C)c1NC(C)=O. The summed E-state index contributed by atoms with van der Waals surface area (Å²) >= 11 is 5.98. The Balaban J connectivity index is 3.15. The number of anilines is 1. The number of benzene rings is 1. The quantitative estimate of drug-likeness (QED) is 0.863. The highest BCUT2D eigenvalue weighted by atomic mass is 35.5. The Morgan fingerprint density at radius 3 is 2.73 bits per heavy atom. The predicted molar refractivity (Wildman–Crippen MR) is 61.2 cm³/mol.